The van der Waals surface area contributed by atoms with Crippen molar-refractivity contribution >= 4 is 5.91 Å². The van der Waals surface area contributed by atoms with Crippen LogP contribution in [-0.2, 0) is 24.1 Å². The highest BCUT2D eigenvalue weighted by molar-refractivity contribution is 5.76. The Morgan fingerprint density at radius 1 is 1.21 bits per heavy atom. The van der Waals surface area contributed by atoms with Gasteiger partial charge in [0.15, 0.2) is 0 Å². The summed E-state index contributed by atoms with van der Waals surface area (Å²) in [5.41, 5.74) is 10.5. The summed E-state index contributed by atoms with van der Waals surface area (Å²) in [5, 5.41) is 0. The van der Waals surface area contributed by atoms with Crippen molar-refractivity contribution in [2.75, 3.05) is 0 Å². The topological polar surface area (TPSA) is 40.9 Å². The number of hydrogen-bond donors (Lipinski definition) is 0. The van der Waals surface area contributed by atoms with Crippen LogP contribution >= 0.6 is 0 Å². The van der Waals surface area contributed by atoms with E-state index in [2.05, 4.69) is 19.9 Å². The van der Waals surface area contributed by atoms with E-state index in [0.29, 0.717) is 0 Å². The number of carbonyl (C=O) groups is 1. The Balaban J connectivity index is 3.08. The van der Waals surface area contributed by atoms with Gasteiger partial charge in [0.05, 0.1) is 6.42 Å². The summed E-state index contributed by atoms with van der Waals surface area (Å²) >= 11 is 0. The van der Waals surface area contributed by atoms with E-state index in [4.69, 9.17) is 5.73 Å². The van der Waals surface area contributed by atoms with Crippen molar-refractivity contribution in [2.24, 2.45) is 0 Å². The van der Waals surface area contributed by atoms with Crippen LogP contribution in [0.25, 0.3) is 0 Å². The van der Waals surface area contributed by atoms with Crippen LogP contribution in [-0.4, -0.2) is 5.91 Å². The maximum atomic E-state index is 10.7. The normalized spacial score (nSPS) is 10.1. The van der Waals surface area contributed by atoms with Gasteiger partial charge >= 0.3 is 0 Å². The number of aryl methyl sites for hydroxylation is 1. The van der Waals surface area contributed by atoms with Crippen molar-refractivity contribution in [1.82, 2.24) is 5.73 Å². The maximum absolute atomic E-state index is 10.7. The summed E-state index contributed by atoms with van der Waals surface area (Å²) in [6, 6.07) is 6.01. The fourth-order valence-electron chi connectivity index (χ4n) is 1.81. The number of rotatable bonds is 4. The second-order valence-corrected chi connectivity index (χ2v) is 3.36. The van der Waals surface area contributed by atoms with Gasteiger partial charge < -0.3 is 0 Å². The Bertz CT molecular complexity index is 331. The highest BCUT2D eigenvalue weighted by atomic mass is 16.1. The summed E-state index contributed by atoms with van der Waals surface area (Å²) in [5.74, 6) is -0.507. The van der Waals surface area contributed by atoms with Crippen LogP contribution in [0.5, 0.6) is 0 Å². The fourth-order valence-corrected chi connectivity index (χ4v) is 1.81. The smallest absolute Gasteiger partial charge is 0.242 e. The van der Waals surface area contributed by atoms with E-state index in [1.165, 1.54) is 11.1 Å². The van der Waals surface area contributed by atoms with E-state index < -0.39 is 5.91 Å². The van der Waals surface area contributed by atoms with Crippen LogP contribution < -0.4 is 5.73 Å². The molecular weight excluding hydrogens is 174 g/mol. The Morgan fingerprint density at radius 2 is 1.86 bits per heavy atom. The van der Waals surface area contributed by atoms with Crippen LogP contribution in [0.1, 0.15) is 30.5 Å². The number of nitrogens with one attached hydrogen (secondary N) is 1. The van der Waals surface area contributed by atoms with Gasteiger partial charge in [-0.3, -0.25) is 10.5 Å². The highest BCUT2D eigenvalue weighted by Crippen LogP contribution is 2.16. The molecule has 0 fully saturated rings. The van der Waals surface area contributed by atoms with Gasteiger partial charge in [-0.1, -0.05) is 32.0 Å². The van der Waals surface area contributed by atoms with E-state index in [1.54, 1.807) is 0 Å². The largest absolute Gasteiger partial charge is 0.273 e. The molecule has 1 rings (SSSR count). The van der Waals surface area contributed by atoms with Gasteiger partial charge in [-0.15, -0.1) is 0 Å². The molecule has 0 saturated heterocycles. The molecule has 2 nitrogen and oxygen atoms in total. The van der Waals surface area contributed by atoms with Crippen molar-refractivity contribution < 1.29 is 4.79 Å². The van der Waals surface area contributed by atoms with Crippen LogP contribution in [0.4, 0.5) is 0 Å². The summed E-state index contributed by atoms with van der Waals surface area (Å²) in [4.78, 5) is 10.7. The van der Waals surface area contributed by atoms with Gasteiger partial charge in [0, 0.05) is 0 Å². The molecule has 1 aromatic rings. The predicted octanol–water partition coefficient (Wildman–Crippen LogP) is 2.16. The lowest BCUT2D eigenvalue weighted by molar-refractivity contribution is -0.118. The second kappa shape index (κ2) is 4.80. The number of amides is 1. The lowest BCUT2D eigenvalue weighted by Crippen LogP contribution is -2.06. The number of carbonyl (C=O) groups excluding carboxylic acids is 1. The van der Waals surface area contributed by atoms with E-state index in [0.717, 1.165) is 18.4 Å². The van der Waals surface area contributed by atoms with Crippen molar-refractivity contribution in [3.8, 4) is 0 Å². The fraction of sp³-hybridized carbons (Fsp3) is 0.417. The van der Waals surface area contributed by atoms with Crippen LogP contribution in [0, 0.1) is 0 Å². The summed E-state index contributed by atoms with van der Waals surface area (Å²) in [7, 11) is 0. The predicted molar refractivity (Wildman–Crippen MR) is 57.0 cm³/mol. The first-order valence-electron chi connectivity index (χ1n) is 5.03. The second-order valence-electron chi connectivity index (χ2n) is 3.36. The third kappa shape index (κ3) is 2.34. The minimum absolute atomic E-state index is 0.247. The lowest BCUT2D eigenvalue weighted by atomic mass is 9.95. The zero-order valence-corrected chi connectivity index (χ0v) is 8.76. The first-order valence-corrected chi connectivity index (χ1v) is 5.03. The molecule has 0 unspecified atom stereocenters. The molecule has 75 valence electrons. The molecule has 0 aliphatic carbocycles. The molecule has 0 atom stereocenters. The Hall–Kier alpha value is -1.31. The SMILES string of the molecule is CCc1cccc(CC([NH])=O)c1CC. The van der Waals surface area contributed by atoms with Crippen molar-refractivity contribution in [3.05, 3.63) is 34.9 Å². The molecule has 0 aliphatic heterocycles. The first-order chi connectivity index (χ1) is 6.69. The molecule has 2 heteroatoms. The summed E-state index contributed by atoms with van der Waals surface area (Å²) in [6.07, 6.45) is 2.17. The number of hydrogen-bond acceptors (Lipinski definition) is 1. The van der Waals surface area contributed by atoms with Gasteiger partial charge in [0.25, 0.3) is 0 Å². The van der Waals surface area contributed by atoms with Gasteiger partial charge in [-0.05, 0) is 29.5 Å². The van der Waals surface area contributed by atoms with E-state index >= 15 is 0 Å². The van der Waals surface area contributed by atoms with Crippen molar-refractivity contribution in [1.29, 1.82) is 0 Å². The molecule has 14 heavy (non-hydrogen) atoms. The molecular formula is C12H16NO. The minimum Gasteiger partial charge on any atom is -0.273 e. The van der Waals surface area contributed by atoms with Gasteiger partial charge in [0.2, 0.25) is 5.91 Å². The van der Waals surface area contributed by atoms with Gasteiger partial charge in [-0.25, -0.2) is 0 Å². The molecule has 0 aliphatic rings. The monoisotopic (exact) mass is 190 g/mol. The Kier molecular flexibility index (Phi) is 3.69. The highest BCUT2D eigenvalue weighted by Gasteiger charge is 2.07. The number of benzene rings is 1. The average molecular weight is 190 g/mol. The third-order valence-corrected chi connectivity index (χ3v) is 2.46. The summed E-state index contributed by atoms with van der Waals surface area (Å²) in [6.45, 7) is 4.20. The minimum atomic E-state index is -0.507. The van der Waals surface area contributed by atoms with Crippen molar-refractivity contribution in [3.63, 3.8) is 0 Å². The maximum Gasteiger partial charge on any atom is 0.242 e. The molecule has 0 aromatic heterocycles. The van der Waals surface area contributed by atoms with E-state index in [9.17, 15) is 4.79 Å². The van der Waals surface area contributed by atoms with E-state index in [1.807, 2.05) is 12.1 Å². The van der Waals surface area contributed by atoms with Crippen LogP contribution in [0.15, 0.2) is 18.2 Å². The van der Waals surface area contributed by atoms with Crippen LogP contribution in [0.3, 0.4) is 0 Å². The van der Waals surface area contributed by atoms with Crippen molar-refractivity contribution in [2.45, 2.75) is 33.1 Å². The molecule has 0 saturated carbocycles. The molecule has 1 N–H and O–H groups in total. The molecule has 1 aromatic carbocycles. The molecule has 1 radical (unpaired) electrons. The van der Waals surface area contributed by atoms with Gasteiger partial charge in [0.1, 0.15) is 0 Å². The third-order valence-electron chi connectivity index (χ3n) is 2.46. The Morgan fingerprint density at radius 3 is 2.36 bits per heavy atom. The zero-order valence-electron chi connectivity index (χ0n) is 8.76. The first kappa shape index (κ1) is 10.8. The zero-order chi connectivity index (χ0) is 10.6. The van der Waals surface area contributed by atoms with Crippen LogP contribution in [0.2, 0.25) is 0 Å². The van der Waals surface area contributed by atoms with Gasteiger partial charge in [-0.2, -0.15) is 0 Å². The Labute approximate surface area is 85.1 Å². The average Bonchev–Trinajstić information content (AvgIpc) is 2.16. The quantitative estimate of drug-likeness (QED) is 0.717. The molecule has 0 heterocycles. The van der Waals surface area contributed by atoms with E-state index in [-0.39, 0.29) is 6.42 Å². The lowest BCUT2D eigenvalue weighted by Gasteiger charge is -2.10. The molecule has 0 bridgehead atoms. The summed E-state index contributed by atoms with van der Waals surface area (Å²) < 4.78 is 0. The molecule has 0 spiro atoms. The standard InChI is InChI=1S/C12H16NO/c1-3-9-6-5-7-10(8-12(13)14)11(9)4-2/h5-7,13H,3-4,8H2,1-2H3. The molecule has 1 amide bonds.